The summed E-state index contributed by atoms with van der Waals surface area (Å²) in [4.78, 5) is 27.5. The summed E-state index contributed by atoms with van der Waals surface area (Å²) < 4.78 is 0. The predicted octanol–water partition coefficient (Wildman–Crippen LogP) is 2.06. The van der Waals surface area contributed by atoms with Gasteiger partial charge >= 0.3 is 0 Å². The molecule has 2 rings (SSSR count). The Kier molecular flexibility index (Phi) is 6.88. The van der Waals surface area contributed by atoms with E-state index in [-0.39, 0.29) is 23.9 Å². The molecule has 2 fully saturated rings. The monoisotopic (exact) mass is 323 g/mol. The molecule has 2 aliphatic rings. The molecule has 132 valence electrons. The normalized spacial score (nSPS) is 25.7. The Balaban J connectivity index is 2.10. The van der Waals surface area contributed by atoms with Crippen LogP contribution in [-0.2, 0) is 9.59 Å². The number of likely N-dealkylation sites (N-methyl/N-ethyl adjacent to an activating group) is 1. The first-order valence-electron chi connectivity index (χ1n) is 9.32. The van der Waals surface area contributed by atoms with Crippen LogP contribution in [0.5, 0.6) is 0 Å². The van der Waals surface area contributed by atoms with Gasteiger partial charge in [-0.1, -0.05) is 19.3 Å². The van der Waals surface area contributed by atoms with Crippen LogP contribution in [0.1, 0.15) is 65.2 Å². The molecule has 0 unspecified atom stereocenters. The van der Waals surface area contributed by atoms with E-state index in [4.69, 9.17) is 0 Å². The Bertz CT molecular complexity index is 407. The summed E-state index contributed by atoms with van der Waals surface area (Å²) in [7, 11) is 1.77. The van der Waals surface area contributed by atoms with Crippen LogP contribution < -0.4 is 10.6 Å². The Hall–Kier alpha value is -1.10. The molecule has 0 aromatic heterocycles. The topological polar surface area (TPSA) is 61.4 Å². The SMILES string of the molecule is CN[C@@H](C)C(=O)N[C@H](C(=O)N1CCCC[C@H]1C)C1CCCCC1. The number of nitrogens with one attached hydrogen (secondary N) is 2. The van der Waals surface area contributed by atoms with Crippen LogP contribution in [0.4, 0.5) is 0 Å². The second kappa shape index (κ2) is 8.67. The Morgan fingerprint density at radius 2 is 1.70 bits per heavy atom. The minimum absolute atomic E-state index is 0.0684. The lowest BCUT2D eigenvalue weighted by Crippen LogP contribution is -2.57. The van der Waals surface area contributed by atoms with Crippen LogP contribution in [0.25, 0.3) is 0 Å². The molecular formula is C18H33N3O2. The standard InChI is InChI=1S/C18H33N3O2/c1-13-9-7-8-12-21(13)18(23)16(15-10-5-4-6-11-15)20-17(22)14(2)19-3/h13-16,19H,4-12H2,1-3H3,(H,20,22)/t13-,14+,16+/m1/s1. The average Bonchev–Trinajstić information content (AvgIpc) is 2.59. The van der Waals surface area contributed by atoms with E-state index in [0.29, 0.717) is 12.0 Å². The number of amides is 2. The predicted molar refractivity (Wildman–Crippen MR) is 92.1 cm³/mol. The molecule has 1 heterocycles. The van der Waals surface area contributed by atoms with Crippen molar-refractivity contribution in [3.8, 4) is 0 Å². The average molecular weight is 323 g/mol. The van der Waals surface area contributed by atoms with Gasteiger partial charge in [0.2, 0.25) is 11.8 Å². The second-order valence-corrected chi connectivity index (χ2v) is 7.27. The molecule has 0 aromatic rings. The number of hydrogen-bond donors (Lipinski definition) is 2. The maximum atomic E-state index is 13.1. The number of rotatable bonds is 5. The van der Waals surface area contributed by atoms with Crippen LogP contribution in [-0.4, -0.2) is 48.4 Å². The van der Waals surface area contributed by atoms with Crippen molar-refractivity contribution in [1.82, 2.24) is 15.5 Å². The minimum Gasteiger partial charge on any atom is -0.343 e. The second-order valence-electron chi connectivity index (χ2n) is 7.27. The van der Waals surface area contributed by atoms with Crippen LogP contribution in [0.2, 0.25) is 0 Å². The van der Waals surface area contributed by atoms with Crippen LogP contribution in [0, 0.1) is 5.92 Å². The van der Waals surface area contributed by atoms with Gasteiger partial charge in [0.15, 0.2) is 0 Å². The molecule has 1 saturated heterocycles. The van der Waals surface area contributed by atoms with E-state index >= 15 is 0 Å². The van der Waals surface area contributed by atoms with Crippen molar-refractivity contribution in [2.45, 2.75) is 83.3 Å². The molecule has 0 bridgehead atoms. The van der Waals surface area contributed by atoms with E-state index in [0.717, 1.165) is 32.2 Å². The van der Waals surface area contributed by atoms with Crippen molar-refractivity contribution in [1.29, 1.82) is 0 Å². The zero-order chi connectivity index (χ0) is 16.8. The maximum absolute atomic E-state index is 13.1. The van der Waals surface area contributed by atoms with E-state index in [9.17, 15) is 9.59 Å². The smallest absolute Gasteiger partial charge is 0.245 e. The first-order valence-corrected chi connectivity index (χ1v) is 9.32. The van der Waals surface area contributed by atoms with Gasteiger partial charge in [-0.3, -0.25) is 9.59 Å². The zero-order valence-corrected chi connectivity index (χ0v) is 14.9. The number of likely N-dealkylation sites (tertiary alicyclic amines) is 1. The minimum atomic E-state index is -0.348. The third-order valence-electron chi connectivity index (χ3n) is 5.60. The summed E-state index contributed by atoms with van der Waals surface area (Å²) in [5.41, 5.74) is 0. The van der Waals surface area contributed by atoms with E-state index in [1.165, 1.54) is 25.7 Å². The molecule has 5 nitrogen and oxygen atoms in total. The molecule has 0 aromatic carbocycles. The Morgan fingerprint density at radius 1 is 1.04 bits per heavy atom. The molecule has 1 aliphatic heterocycles. The van der Waals surface area contributed by atoms with E-state index in [1.807, 2.05) is 11.8 Å². The Labute approximate surface area is 140 Å². The first-order chi connectivity index (χ1) is 11.0. The third-order valence-corrected chi connectivity index (χ3v) is 5.60. The maximum Gasteiger partial charge on any atom is 0.245 e. The third kappa shape index (κ3) is 4.69. The fourth-order valence-corrected chi connectivity index (χ4v) is 3.86. The van der Waals surface area contributed by atoms with Gasteiger partial charge < -0.3 is 15.5 Å². The molecule has 3 atom stereocenters. The highest BCUT2D eigenvalue weighted by Gasteiger charge is 2.36. The lowest BCUT2D eigenvalue weighted by atomic mass is 9.82. The Morgan fingerprint density at radius 3 is 2.30 bits per heavy atom. The molecule has 0 spiro atoms. The molecule has 1 aliphatic carbocycles. The molecule has 2 N–H and O–H groups in total. The highest BCUT2D eigenvalue weighted by molar-refractivity contribution is 5.90. The van der Waals surface area contributed by atoms with Crippen molar-refractivity contribution >= 4 is 11.8 Å². The van der Waals surface area contributed by atoms with Crippen molar-refractivity contribution in [3.63, 3.8) is 0 Å². The lowest BCUT2D eigenvalue weighted by Gasteiger charge is -2.39. The van der Waals surface area contributed by atoms with Crippen molar-refractivity contribution in [2.75, 3.05) is 13.6 Å². The van der Waals surface area contributed by atoms with Crippen LogP contribution in [0.15, 0.2) is 0 Å². The van der Waals surface area contributed by atoms with Gasteiger partial charge in [0.25, 0.3) is 0 Å². The fraction of sp³-hybridized carbons (Fsp3) is 0.889. The fourth-order valence-electron chi connectivity index (χ4n) is 3.86. The van der Waals surface area contributed by atoms with Crippen LogP contribution in [0.3, 0.4) is 0 Å². The van der Waals surface area contributed by atoms with Gasteiger partial charge in [-0.2, -0.15) is 0 Å². The summed E-state index contributed by atoms with van der Waals surface area (Å²) >= 11 is 0. The van der Waals surface area contributed by atoms with E-state index in [1.54, 1.807) is 7.05 Å². The zero-order valence-electron chi connectivity index (χ0n) is 14.9. The highest BCUT2D eigenvalue weighted by atomic mass is 16.2. The van der Waals surface area contributed by atoms with E-state index in [2.05, 4.69) is 17.6 Å². The van der Waals surface area contributed by atoms with Crippen LogP contribution >= 0.6 is 0 Å². The van der Waals surface area contributed by atoms with Crippen molar-refractivity contribution in [2.24, 2.45) is 5.92 Å². The van der Waals surface area contributed by atoms with Gasteiger partial charge in [0.05, 0.1) is 6.04 Å². The van der Waals surface area contributed by atoms with Gasteiger partial charge in [0, 0.05) is 12.6 Å². The summed E-state index contributed by atoms with van der Waals surface area (Å²) in [5.74, 6) is 0.361. The quantitative estimate of drug-likeness (QED) is 0.814. The van der Waals surface area contributed by atoms with Crippen molar-refractivity contribution < 1.29 is 9.59 Å². The van der Waals surface area contributed by atoms with Gasteiger partial charge in [-0.05, 0) is 58.9 Å². The molecule has 1 saturated carbocycles. The number of hydrogen-bond acceptors (Lipinski definition) is 3. The summed E-state index contributed by atoms with van der Waals surface area (Å²) in [6, 6.07) is -0.326. The number of carbonyl (C=O) groups is 2. The summed E-state index contributed by atoms with van der Waals surface area (Å²) in [6.07, 6.45) is 9.03. The van der Waals surface area contributed by atoms with Gasteiger partial charge in [-0.25, -0.2) is 0 Å². The number of nitrogens with zero attached hydrogens (tertiary/aromatic N) is 1. The van der Waals surface area contributed by atoms with Gasteiger partial charge in [-0.15, -0.1) is 0 Å². The molecule has 0 radical (unpaired) electrons. The van der Waals surface area contributed by atoms with Gasteiger partial charge in [0.1, 0.15) is 6.04 Å². The molecule has 5 heteroatoms. The number of piperidine rings is 1. The highest BCUT2D eigenvalue weighted by Crippen LogP contribution is 2.29. The van der Waals surface area contributed by atoms with E-state index < -0.39 is 0 Å². The first kappa shape index (κ1) is 18.2. The summed E-state index contributed by atoms with van der Waals surface area (Å²) in [5, 5.41) is 6.03. The molecule has 2 amide bonds. The molecule has 23 heavy (non-hydrogen) atoms. The molecular weight excluding hydrogens is 290 g/mol. The largest absolute Gasteiger partial charge is 0.343 e. The summed E-state index contributed by atoms with van der Waals surface area (Å²) in [6.45, 7) is 4.80. The van der Waals surface area contributed by atoms with Crippen molar-refractivity contribution in [3.05, 3.63) is 0 Å². The number of carbonyl (C=O) groups excluding carboxylic acids is 2. The lowest BCUT2D eigenvalue weighted by molar-refractivity contribution is -0.141.